The Hall–Kier alpha value is -3.06. The second-order valence-corrected chi connectivity index (χ2v) is 5.72. The highest BCUT2D eigenvalue weighted by Gasteiger charge is 2.23. The van der Waals surface area contributed by atoms with Crippen molar-refractivity contribution in [3.05, 3.63) is 59.7 Å². The van der Waals surface area contributed by atoms with Crippen LogP contribution >= 0.6 is 0 Å². The number of nitrogens with two attached hydrogens (primary N) is 1. The van der Waals surface area contributed by atoms with Gasteiger partial charge in [0.2, 0.25) is 5.91 Å². The van der Waals surface area contributed by atoms with Crippen LogP contribution in [0.4, 0.5) is 0 Å². The lowest BCUT2D eigenvalue weighted by molar-refractivity contribution is -0.141. The molecule has 0 aliphatic heterocycles. The summed E-state index contributed by atoms with van der Waals surface area (Å²) in [6.45, 7) is 0. The second kappa shape index (κ2) is 8.16. The van der Waals surface area contributed by atoms with Crippen LogP contribution < -0.4 is 11.1 Å². The van der Waals surface area contributed by atoms with Crippen LogP contribution in [0.5, 0.6) is 11.5 Å². The monoisotopic (exact) mass is 344 g/mol. The lowest BCUT2D eigenvalue weighted by Gasteiger charge is -2.18. The molecule has 2 rings (SSSR count). The third kappa shape index (κ3) is 5.22. The van der Waals surface area contributed by atoms with Gasteiger partial charge in [-0.3, -0.25) is 4.79 Å². The Kier molecular flexibility index (Phi) is 5.97. The Morgan fingerprint density at radius 1 is 0.960 bits per heavy atom. The van der Waals surface area contributed by atoms with E-state index in [2.05, 4.69) is 5.32 Å². The van der Waals surface area contributed by atoms with Gasteiger partial charge in [-0.05, 0) is 29.7 Å². The minimum Gasteiger partial charge on any atom is -0.504 e. The normalized spacial score (nSPS) is 13.0. The molecule has 2 aromatic carbocycles. The Balaban J connectivity index is 1.99. The number of nitrogens with one attached hydrogen (secondary N) is 1. The van der Waals surface area contributed by atoms with Crippen LogP contribution in [-0.2, 0) is 22.4 Å². The van der Waals surface area contributed by atoms with E-state index in [0.29, 0.717) is 5.56 Å². The molecule has 0 aromatic heterocycles. The largest absolute Gasteiger partial charge is 0.504 e. The lowest BCUT2D eigenvalue weighted by Crippen LogP contribution is -2.50. The average Bonchev–Trinajstić information content (AvgIpc) is 2.58. The smallest absolute Gasteiger partial charge is 0.326 e. The van der Waals surface area contributed by atoms with Gasteiger partial charge in [0.15, 0.2) is 11.5 Å². The molecule has 0 spiro atoms. The molecule has 0 unspecified atom stereocenters. The number of aromatic hydroxyl groups is 2. The fourth-order valence-electron chi connectivity index (χ4n) is 2.37. The number of benzene rings is 2. The van der Waals surface area contributed by atoms with Gasteiger partial charge >= 0.3 is 5.97 Å². The molecule has 0 aliphatic rings. The zero-order chi connectivity index (χ0) is 18.4. The van der Waals surface area contributed by atoms with Crippen LogP contribution in [0.15, 0.2) is 48.5 Å². The standard InChI is InChI=1S/C18H20N2O5/c19-13(8-12-6-7-15(21)16(22)10-12)17(23)20-14(18(24)25)9-11-4-2-1-3-5-11/h1-7,10,13-14,21-22H,8-9,19H2,(H,20,23)(H,24,25)/t13-,14-/m0/s1. The first-order valence-electron chi connectivity index (χ1n) is 7.70. The van der Waals surface area contributed by atoms with Gasteiger partial charge in [0.25, 0.3) is 0 Å². The summed E-state index contributed by atoms with van der Waals surface area (Å²) in [6, 6.07) is 11.0. The molecule has 0 saturated carbocycles. The summed E-state index contributed by atoms with van der Waals surface area (Å²) in [6.07, 6.45) is 0.242. The highest BCUT2D eigenvalue weighted by Crippen LogP contribution is 2.25. The number of carbonyl (C=O) groups excluding carboxylic acids is 1. The fourth-order valence-corrected chi connectivity index (χ4v) is 2.37. The Labute approximate surface area is 144 Å². The number of phenols is 2. The molecular formula is C18H20N2O5. The van der Waals surface area contributed by atoms with E-state index in [0.717, 1.165) is 5.56 Å². The number of amides is 1. The topological polar surface area (TPSA) is 133 Å². The van der Waals surface area contributed by atoms with Crippen molar-refractivity contribution >= 4 is 11.9 Å². The molecule has 0 radical (unpaired) electrons. The van der Waals surface area contributed by atoms with Crippen molar-refractivity contribution in [2.45, 2.75) is 24.9 Å². The predicted molar refractivity (Wildman–Crippen MR) is 91.2 cm³/mol. The minimum absolute atomic E-state index is 0.0946. The number of hydrogen-bond acceptors (Lipinski definition) is 5. The van der Waals surface area contributed by atoms with Crippen LogP contribution in [0.3, 0.4) is 0 Å². The van der Waals surface area contributed by atoms with Gasteiger partial charge in [-0.15, -0.1) is 0 Å². The molecule has 6 N–H and O–H groups in total. The van der Waals surface area contributed by atoms with Crippen molar-refractivity contribution in [3.63, 3.8) is 0 Å². The summed E-state index contributed by atoms with van der Waals surface area (Å²) in [5, 5.41) is 30.5. The van der Waals surface area contributed by atoms with E-state index in [1.807, 2.05) is 6.07 Å². The van der Waals surface area contributed by atoms with Crippen LogP contribution in [0.25, 0.3) is 0 Å². The molecule has 0 aliphatic carbocycles. The Morgan fingerprint density at radius 2 is 1.64 bits per heavy atom. The summed E-state index contributed by atoms with van der Waals surface area (Å²) < 4.78 is 0. The average molecular weight is 344 g/mol. The summed E-state index contributed by atoms with van der Waals surface area (Å²) >= 11 is 0. The Morgan fingerprint density at radius 3 is 2.24 bits per heavy atom. The lowest BCUT2D eigenvalue weighted by atomic mass is 10.0. The fraction of sp³-hybridized carbons (Fsp3) is 0.222. The highest BCUT2D eigenvalue weighted by molar-refractivity contribution is 5.87. The third-order valence-corrected chi connectivity index (χ3v) is 3.73. The zero-order valence-electron chi connectivity index (χ0n) is 13.4. The first kappa shape index (κ1) is 18.3. The molecule has 25 heavy (non-hydrogen) atoms. The summed E-state index contributed by atoms with van der Waals surface area (Å²) in [4.78, 5) is 23.6. The molecule has 7 heteroatoms. The van der Waals surface area contributed by atoms with Crippen molar-refractivity contribution in [3.8, 4) is 11.5 Å². The van der Waals surface area contributed by atoms with Crippen LogP contribution in [-0.4, -0.2) is 39.3 Å². The van der Waals surface area contributed by atoms with Gasteiger partial charge in [0.05, 0.1) is 6.04 Å². The highest BCUT2D eigenvalue weighted by atomic mass is 16.4. The number of hydrogen-bond donors (Lipinski definition) is 5. The molecule has 2 atom stereocenters. The Bertz CT molecular complexity index is 748. The second-order valence-electron chi connectivity index (χ2n) is 5.72. The molecule has 0 fully saturated rings. The first-order chi connectivity index (χ1) is 11.9. The molecule has 0 bridgehead atoms. The minimum atomic E-state index is -1.15. The van der Waals surface area contributed by atoms with Gasteiger partial charge in [-0.25, -0.2) is 4.79 Å². The maximum absolute atomic E-state index is 12.2. The van der Waals surface area contributed by atoms with E-state index in [1.54, 1.807) is 24.3 Å². The van der Waals surface area contributed by atoms with Crippen LogP contribution in [0.2, 0.25) is 0 Å². The number of rotatable bonds is 7. The van der Waals surface area contributed by atoms with Crippen molar-refractivity contribution in [2.24, 2.45) is 5.73 Å². The number of carboxylic acids is 1. The molecule has 0 heterocycles. The summed E-state index contributed by atoms with van der Waals surface area (Å²) in [5.74, 6) is -2.32. The van der Waals surface area contributed by atoms with Crippen LogP contribution in [0, 0.1) is 0 Å². The van der Waals surface area contributed by atoms with E-state index in [-0.39, 0.29) is 24.3 Å². The van der Waals surface area contributed by atoms with Crippen molar-refractivity contribution in [1.82, 2.24) is 5.32 Å². The van der Waals surface area contributed by atoms with E-state index < -0.39 is 24.0 Å². The molecule has 132 valence electrons. The quantitative estimate of drug-likeness (QED) is 0.471. The van der Waals surface area contributed by atoms with E-state index in [4.69, 9.17) is 5.73 Å². The third-order valence-electron chi connectivity index (χ3n) is 3.73. The van der Waals surface area contributed by atoms with Gasteiger partial charge in [0.1, 0.15) is 6.04 Å². The maximum Gasteiger partial charge on any atom is 0.326 e. The summed E-state index contributed by atoms with van der Waals surface area (Å²) in [5.41, 5.74) is 7.16. The zero-order valence-corrected chi connectivity index (χ0v) is 13.4. The summed E-state index contributed by atoms with van der Waals surface area (Å²) in [7, 11) is 0. The SMILES string of the molecule is N[C@@H](Cc1ccc(O)c(O)c1)C(=O)N[C@@H](Cc1ccccc1)C(=O)O. The van der Waals surface area contributed by atoms with Crippen LogP contribution in [0.1, 0.15) is 11.1 Å². The molecule has 2 aromatic rings. The van der Waals surface area contributed by atoms with E-state index in [9.17, 15) is 24.9 Å². The predicted octanol–water partition coefficient (Wildman–Crippen LogP) is 0.780. The van der Waals surface area contributed by atoms with E-state index >= 15 is 0 Å². The number of carbonyl (C=O) groups is 2. The molecule has 7 nitrogen and oxygen atoms in total. The maximum atomic E-state index is 12.2. The van der Waals surface area contributed by atoms with Gasteiger partial charge in [-0.2, -0.15) is 0 Å². The van der Waals surface area contributed by atoms with Gasteiger partial charge in [-0.1, -0.05) is 36.4 Å². The van der Waals surface area contributed by atoms with Crippen molar-refractivity contribution in [1.29, 1.82) is 0 Å². The first-order valence-corrected chi connectivity index (χ1v) is 7.70. The van der Waals surface area contributed by atoms with E-state index in [1.165, 1.54) is 18.2 Å². The van der Waals surface area contributed by atoms with Gasteiger partial charge in [0, 0.05) is 6.42 Å². The van der Waals surface area contributed by atoms with Gasteiger partial charge < -0.3 is 26.4 Å². The molecule has 0 saturated heterocycles. The number of phenolic OH excluding ortho intramolecular Hbond substituents is 2. The number of carboxylic acid groups (broad SMARTS) is 1. The molecular weight excluding hydrogens is 324 g/mol. The van der Waals surface area contributed by atoms with Crippen molar-refractivity contribution < 1.29 is 24.9 Å². The molecule has 1 amide bonds. The van der Waals surface area contributed by atoms with Crippen molar-refractivity contribution in [2.75, 3.05) is 0 Å². The number of aliphatic carboxylic acids is 1.